The van der Waals surface area contributed by atoms with Crippen molar-refractivity contribution in [3.05, 3.63) is 12.7 Å². The van der Waals surface area contributed by atoms with Crippen LogP contribution in [0.4, 0.5) is 5.82 Å². The highest BCUT2D eigenvalue weighted by atomic mass is 31.2. The van der Waals surface area contributed by atoms with E-state index in [0.717, 1.165) is 0 Å². The summed E-state index contributed by atoms with van der Waals surface area (Å²) in [6, 6.07) is -4.21. The molecule has 0 spiro atoms. The van der Waals surface area contributed by atoms with Crippen LogP contribution in [0.5, 0.6) is 0 Å². The van der Waals surface area contributed by atoms with Crippen LogP contribution in [0.2, 0.25) is 0 Å². The van der Waals surface area contributed by atoms with Gasteiger partial charge in [-0.05, 0) is 12.8 Å². The fraction of sp³-hybridized carbons (Fsp3) is 0.821. The lowest BCUT2D eigenvalue weighted by Crippen LogP contribution is -2.68. The maximum Gasteiger partial charge on any atom is 0.472 e. The Hall–Kier alpha value is -2.18. The lowest BCUT2D eigenvalue weighted by atomic mass is 9.84. The van der Waals surface area contributed by atoms with Crippen LogP contribution < -0.4 is 34.4 Å². The van der Waals surface area contributed by atoms with Crippen molar-refractivity contribution in [2.45, 2.75) is 123 Å². The molecule has 1 unspecified atom stereocenters. The number of hydrogen-bond donors (Lipinski definition) is 13. The molecule has 2 aromatic heterocycles. The molecule has 0 radical (unpaired) electrons. The van der Waals surface area contributed by atoms with E-state index < -0.39 is 131 Å². The quantitative estimate of drug-likeness (QED) is 0.0887. The standard InChI is InChI=1S/C28H49N10O15P/c29-3-12-11(40)2-10(32)27(49-12)51-21-8(30)1-9(31)22(20(21)44)52-28-23(15(33)17(41)13(4-39)50-28)53-54(45,46)47-5-14-18(42)19(43)26(48-14)38-7-37-16-24(34)35-6-36-25(16)38/h6-15,17-23,26-28,39-44H,1-5,29-33H2,(H,45,46)(H2,34,35,36)/t8-,9+,10+,11-,12+,13+,14+,15-,17+,18+,19+,20-,21+,22-,23+,26+,27+,28+/m0/s1. The Kier molecular flexibility index (Phi) is 12.8. The van der Waals surface area contributed by atoms with Crippen LogP contribution in [0.1, 0.15) is 19.1 Å². The largest absolute Gasteiger partial charge is 0.472 e. The molecular formula is C28H49N10O15P. The summed E-state index contributed by atoms with van der Waals surface area (Å²) in [4.78, 5) is 22.8. The van der Waals surface area contributed by atoms with Gasteiger partial charge in [-0.25, -0.2) is 19.5 Å². The molecule has 3 saturated heterocycles. The van der Waals surface area contributed by atoms with Gasteiger partial charge < -0.3 is 93.6 Å². The minimum Gasteiger partial charge on any atom is -0.394 e. The van der Waals surface area contributed by atoms with Crippen molar-refractivity contribution in [3.63, 3.8) is 0 Å². The summed E-state index contributed by atoms with van der Waals surface area (Å²) >= 11 is 0. The first-order valence-electron chi connectivity index (χ1n) is 17.1. The molecule has 19 atom stereocenters. The molecule has 3 aliphatic heterocycles. The number of phosphoric acid groups is 1. The lowest BCUT2D eigenvalue weighted by Gasteiger charge is -2.48. The fourth-order valence-electron chi connectivity index (χ4n) is 7.04. The lowest BCUT2D eigenvalue weighted by molar-refractivity contribution is -0.313. The van der Waals surface area contributed by atoms with Crippen LogP contribution in [0.15, 0.2) is 12.7 Å². The Bertz CT molecular complexity index is 1620. The van der Waals surface area contributed by atoms with Crippen molar-refractivity contribution in [1.29, 1.82) is 0 Å². The number of aliphatic hydroxyl groups excluding tert-OH is 6. The van der Waals surface area contributed by atoms with Gasteiger partial charge in [-0.3, -0.25) is 13.6 Å². The first-order chi connectivity index (χ1) is 25.5. The summed E-state index contributed by atoms with van der Waals surface area (Å²) in [5.41, 5.74) is 36.9. The number of anilines is 1. The van der Waals surface area contributed by atoms with E-state index in [9.17, 15) is 40.1 Å². The van der Waals surface area contributed by atoms with Crippen molar-refractivity contribution >= 4 is 24.8 Å². The Labute approximate surface area is 307 Å². The number of fused-ring (bicyclic) bond motifs is 1. The minimum absolute atomic E-state index is 0.0149. The predicted molar refractivity (Wildman–Crippen MR) is 179 cm³/mol. The molecule has 0 aromatic carbocycles. The third-order valence-electron chi connectivity index (χ3n) is 10.0. The first-order valence-corrected chi connectivity index (χ1v) is 18.6. The molecule has 0 amide bonds. The van der Waals surface area contributed by atoms with Crippen molar-refractivity contribution in [2.75, 3.05) is 25.5 Å². The number of rotatable bonds is 12. The van der Waals surface area contributed by atoms with Gasteiger partial charge in [0.25, 0.3) is 0 Å². The number of imidazole rings is 1. The highest BCUT2D eigenvalue weighted by molar-refractivity contribution is 7.47. The van der Waals surface area contributed by atoms with Crippen LogP contribution >= 0.6 is 7.82 Å². The van der Waals surface area contributed by atoms with Crippen LogP contribution in [-0.2, 0) is 37.3 Å². The normalized spacial score (nSPS) is 44.4. The topological polar surface area (TPSA) is 423 Å². The Morgan fingerprint density at radius 1 is 0.815 bits per heavy atom. The zero-order valence-electron chi connectivity index (χ0n) is 28.7. The molecule has 26 heteroatoms. The molecule has 2 aromatic rings. The number of aromatic nitrogens is 4. The second kappa shape index (κ2) is 16.7. The monoisotopic (exact) mass is 796 g/mol. The van der Waals surface area contributed by atoms with Gasteiger partial charge in [0.1, 0.15) is 66.8 Å². The van der Waals surface area contributed by atoms with Gasteiger partial charge in [-0.1, -0.05) is 0 Å². The Morgan fingerprint density at radius 3 is 2.15 bits per heavy atom. The summed E-state index contributed by atoms with van der Waals surface area (Å²) in [5.74, 6) is 0.0608. The van der Waals surface area contributed by atoms with Crippen LogP contribution in [0.3, 0.4) is 0 Å². The molecule has 1 saturated carbocycles. The molecule has 54 heavy (non-hydrogen) atoms. The smallest absolute Gasteiger partial charge is 0.394 e. The van der Waals surface area contributed by atoms with Crippen LogP contribution in [0.25, 0.3) is 11.2 Å². The fourth-order valence-corrected chi connectivity index (χ4v) is 7.98. The van der Waals surface area contributed by atoms with Crippen LogP contribution in [0, 0.1) is 0 Å². The Balaban J connectivity index is 1.14. The van der Waals surface area contributed by atoms with Gasteiger partial charge in [0.05, 0.1) is 43.8 Å². The predicted octanol–water partition coefficient (Wildman–Crippen LogP) is -7.11. The number of nitrogens with two attached hydrogens (primary N) is 6. The van der Waals surface area contributed by atoms with Gasteiger partial charge in [-0.15, -0.1) is 0 Å². The van der Waals surface area contributed by atoms with E-state index in [1.54, 1.807) is 0 Å². The van der Waals surface area contributed by atoms with Crippen molar-refractivity contribution in [2.24, 2.45) is 28.7 Å². The maximum atomic E-state index is 13.3. The van der Waals surface area contributed by atoms with E-state index in [2.05, 4.69) is 15.0 Å². The van der Waals surface area contributed by atoms with Gasteiger partial charge in [-0.2, -0.15) is 0 Å². The van der Waals surface area contributed by atoms with Gasteiger partial charge in [0.2, 0.25) is 0 Å². The molecule has 19 N–H and O–H groups in total. The number of ether oxygens (including phenoxy) is 5. The molecule has 4 aliphatic rings. The summed E-state index contributed by atoms with van der Waals surface area (Å²) < 4.78 is 54.3. The average molecular weight is 797 g/mol. The van der Waals surface area contributed by atoms with E-state index in [-0.39, 0.29) is 36.4 Å². The third-order valence-corrected chi connectivity index (χ3v) is 11.0. The maximum absolute atomic E-state index is 13.3. The van der Waals surface area contributed by atoms with E-state index in [1.807, 2.05) is 0 Å². The number of aliphatic hydroxyl groups is 6. The highest BCUT2D eigenvalue weighted by Gasteiger charge is 2.53. The summed E-state index contributed by atoms with van der Waals surface area (Å²) in [6.07, 6.45) is -17.0. The van der Waals surface area contributed by atoms with Gasteiger partial charge in [0.15, 0.2) is 30.3 Å². The van der Waals surface area contributed by atoms with Crippen molar-refractivity contribution in [3.8, 4) is 0 Å². The first kappa shape index (κ1) is 41.5. The minimum atomic E-state index is -5.21. The van der Waals surface area contributed by atoms with Gasteiger partial charge in [0, 0.05) is 18.6 Å². The number of nitrogens with zero attached hydrogens (tertiary/aromatic N) is 4. The number of hydrogen-bond acceptors (Lipinski definition) is 23. The molecule has 25 nitrogen and oxygen atoms in total. The molecule has 306 valence electrons. The van der Waals surface area contributed by atoms with Crippen LogP contribution in [-0.4, -0.2) is 179 Å². The second-order valence-electron chi connectivity index (χ2n) is 13.8. The molecular weight excluding hydrogens is 747 g/mol. The van der Waals surface area contributed by atoms with E-state index in [0.29, 0.717) is 0 Å². The average Bonchev–Trinajstić information content (AvgIpc) is 3.68. The summed E-state index contributed by atoms with van der Waals surface area (Å²) in [5, 5.41) is 63.7. The second-order valence-corrected chi connectivity index (χ2v) is 15.2. The molecule has 6 rings (SSSR count). The highest BCUT2D eigenvalue weighted by Crippen LogP contribution is 2.48. The molecule has 1 aliphatic carbocycles. The third kappa shape index (κ3) is 8.27. The summed E-state index contributed by atoms with van der Waals surface area (Å²) in [7, 11) is -5.21. The molecule has 0 bridgehead atoms. The van der Waals surface area contributed by atoms with Crippen molar-refractivity contribution in [1.82, 2.24) is 19.5 Å². The summed E-state index contributed by atoms with van der Waals surface area (Å²) in [6.45, 7) is -1.61. The van der Waals surface area contributed by atoms with E-state index >= 15 is 0 Å². The SMILES string of the molecule is NC[C@H]1O[C@H](O[C@H]2[C@H](O)[C@@H](O[C@H]3O[C@H](CO)[C@@H](O)[C@H](N)[C@H]3OP(=O)(O)OC[C@H]3O[C@@H](n4cnc5c(N)ncnc54)[C@H](O)[C@@H]3O)[C@H](N)C[C@@H]2N)[C@H](N)C[C@@H]1O. The van der Waals surface area contributed by atoms with E-state index in [4.69, 9.17) is 67.1 Å². The Morgan fingerprint density at radius 2 is 1.48 bits per heavy atom. The number of phosphoric ester groups is 1. The zero-order valence-corrected chi connectivity index (χ0v) is 29.6. The van der Waals surface area contributed by atoms with E-state index in [1.165, 1.54) is 17.2 Å². The molecule has 4 fully saturated rings. The van der Waals surface area contributed by atoms with Crippen molar-refractivity contribution < 1.29 is 72.8 Å². The zero-order chi connectivity index (χ0) is 39.2. The number of nitrogen functional groups attached to an aromatic ring is 1. The molecule has 5 heterocycles. The van der Waals surface area contributed by atoms with Gasteiger partial charge >= 0.3 is 7.82 Å².